The van der Waals surface area contributed by atoms with E-state index in [0.29, 0.717) is 13.0 Å². The van der Waals surface area contributed by atoms with Gasteiger partial charge in [-0.25, -0.2) is 0 Å². The number of ether oxygens (including phenoxy) is 2. The Morgan fingerprint density at radius 2 is 1.77 bits per heavy atom. The molecule has 0 spiro atoms. The molecule has 0 aromatic heterocycles. The van der Waals surface area contributed by atoms with Crippen LogP contribution in [-0.2, 0) is 11.2 Å². The Balaban J connectivity index is 1.65. The smallest absolute Gasteiger partial charge is 0.227 e. The van der Waals surface area contributed by atoms with Crippen LogP contribution in [0.2, 0.25) is 0 Å². The van der Waals surface area contributed by atoms with Gasteiger partial charge in [-0.1, -0.05) is 51.1 Å². The fraction of sp³-hybridized carbons (Fsp3) is 0.500. The first-order valence-corrected chi connectivity index (χ1v) is 11.1. The van der Waals surface area contributed by atoms with Gasteiger partial charge in [0.15, 0.2) is 11.5 Å². The maximum Gasteiger partial charge on any atom is 0.227 e. The fourth-order valence-corrected chi connectivity index (χ4v) is 4.16. The van der Waals surface area contributed by atoms with Crippen molar-refractivity contribution in [1.82, 2.24) is 4.90 Å². The molecular weight excluding hydrogens is 388 g/mol. The molecule has 5 heteroatoms. The van der Waals surface area contributed by atoms with Crippen LogP contribution in [0.3, 0.4) is 0 Å². The van der Waals surface area contributed by atoms with Gasteiger partial charge in [-0.2, -0.15) is 0 Å². The lowest BCUT2D eigenvalue weighted by atomic mass is 9.89. The molecule has 0 saturated carbocycles. The van der Waals surface area contributed by atoms with Crippen LogP contribution >= 0.6 is 0 Å². The number of aryl methyl sites for hydroxylation is 1. The molecule has 2 aromatic rings. The van der Waals surface area contributed by atoms with Crippen molar-refractivity contribution < 1.29 is 14.3 Å². The summed E-state index contributed by atoms with van der Waals surface area (Å²) in [6.07, 6.45) is 2.52. The molecule has 1 atom stereocenters. The zero-order valence-electron chi connectivity index (χ0n) is 19.6. The van der Waals surface area contributed by atoms with Crippen LogP contribution in [0, 0.1) is 5.41 Å². The van der Waals surface area contributed by atoms with E-state index in [9.17, 15) is 4.79 Å². The van der Waals surface area contributed by atoms with Crippen molar-refractivity contribution in [3.63, 3.8) is 0 Å². The number of carbonyl (C=O) groups is 1. The molecule has 0 bridgehead atoms. The Bertz CT molecular complexity index is 875. The normalized spacial score (nSPS) is 16.2. The van der Waals surface area contributed by atoms with E-state index >= 15 is 0 Å². The maximum absolute atomic E-state index is 13.3. The number of likely N-dealkylation sites (N-methyl/N-ethyl adjacent to an activating group) is 1. The molecule has 0 radical (unpaired) electrons. The number of carbonyl (C=O) groups excluding carboxylic acids is 1. The number of hydrogen-bond acceptors (Lipinski definition) is 4. The number of rotatable bonds is 8. The largest absolute Gasteiger partial charge is 0.493 e. The lowest BCUT2D eigenvalue weighted by molar-refractivity contribution is -0.121. The van der Waals surface area contributed by atoms with Crippen LogP contribution in [0.4, 0.5) is 5.69 Å². The summed E-state index contributed by atoms with van der Waals surface area (Å²) in [5, 5.41) is 0. The van der Waals surface area contributed by atoms with E-state index in [0.717, 1.165) is 43.1 Å². The van der Waals surface area contributed by atoms with Gasteiger partial charge in [0.05, 0.1) is 7.11 Å². The fourth-order valence-electron chi connectivity index (χ4n) is 4.16. The monoisotopic (exact) mass is 424 g/mol. The molecule has 1 unspecified atom stereocenters. The number of anilines is 1. The summed E-state index contributed by atoms with van der Waals surface area (Å²) in [5.74, 6) is 1.71. The molecule has 0 fully saturated rings. The molecule has 0 saturated heterocycles. The molecule has 1 aliphatic rings. The van der Waals surface area contributed by atoms with Crippen LogP contribution in [0.5, 0.6) is 11.5 Å². The third kappa shape index (κ3) is 6.23. The van der Waals surface area contributed by atoms with E-state index in [2.05, 4.69) is 55.8 Å². The third-order valence-electron chi connectivity index (χ3n) is 5.64. The second kappa shape index (κ2) is 10.2. The summed E-state index contributed by atoms with van der Waals surface area (Å²) in [5.41, 5.74) is 2.30. The maximum atomic E-state index is 13.3. The van der Waals surface area contributed by atoms with E-state index in [1.54, 1.807) is 7.11 Å². The highest BCUT2D eigenvalue weighted by molar-refractivity contribution is 5.95. The molecule has 1 aliphatic heterocycles. The number of fused-ring (bicyclic) bond motifs is 1. The van der Waals surface area contributed by atoms with Crippen LogP contribution < -0.4 is 14.4 Å². The second-order valence-corrected chi connectivity index (χ2v) is 9.58. The number of nitrogens with zero attached hydrogens (tertiary/aromatic N) is 2. The minimum absolute atomic E-state index is 0.0392. The van der Waals surface area contributed by atoms with E-state index < -0.39 is 0 Å². The van der Waals surface area contributed by atoms with E-state index in [1.165, 1.54) is 5.56 Å². The summed E-state index contributed by atoms with van der Waals surface area (Å²) in [7, 11) is 3.75. The Hall–Kier alpha value is -2.53. The predicted molar refractivity (Wildman–Crippen MR) is 126 cm³/mol. The SMILES string of the molecule is COc1ccccc1OCCN(C)CC1CCc2ccccc2N1C(=O)CC(C)(C)C. The number of hydrogen-bond donors (Lipinski definition) is 0. The zero-order chi connectivity index (χ0) is 22.4. The summed E-state index contributed by atoms with van der Waals surface area (Å²) in [6.45, 7) is 8.53. The van der Waals surface area contributed by atoms with Gasteiger partial charge in [-0.05, 0) is 49.1 Å². The average Bonchev–Trinajstić information content (AvgIpc) is 2.72. The standard InChI is InChI=1S/C26H36N2O3/c1-26(2,3)18-25(29)28-21(15-14-20-10-6-7-11-22(20)28)19-27(4)16-17-31-24-13-9-8-12-23(24)30-5/h6-13,21H,14-19H2,1-5H3. The third-order valence-corrected chi connectivity index (χ3v) is 5.64. The van der Waals surface area contributed by atoms with E-state index in [1.807, 2.05) is 30.3 Å². The Morgan fingerprint density at radius 3 is 2.48 bits per heavy atom. The quantitative estimate of drug-likeness (QED) is 0.611. The molecule has 1 amide bonds. The van der Waals surface area contributed by atoms with Gasteiger partial charge in [-0.3, -0.25) is 4.79 Å². The number of amides is 1. The number of methoxy groups -OCH3 is 1. The Morgan fingerprint density at radius 1 is 1.10 bits per heavy atom. The van der Waals surface area contributed by atoms with E-state index in [4.69, 9.17) is 9.47 Å². The van der Waals surface area contributed by atoms with E-state index in [-0.39, 0.29) is 17.4 Å². The topological polar surface area (TPSA) is 42.0 Å². The van der Waals surface area contributed by atoms with Crippen LogP contribution in [0.15, 0.2) is 48.5 Å². The summed E-state index contributed by atoms with van der Waals surface area (Å²) < 4.78 is 11.3. The first-order chi connectivity index (χ1) is 14.8. The van der Waals surface area contributed by atoms with Crippen LogP contribution in [0.25, 0.3) is 0 Å². The second-order valence-electron chi connectivity index (χ2n) is 9.58. The molecule has 168 valence electrons. The molecule has 0 N–H and O–H groups in total. The van der Waals surface area contributed by atoms with Gasteiger partial charge < -0.3 is 19.3 Å². The lowest BCUT2D eigenvalue weighted by Gasteiger charge is -2.40. The van der Waals surface area contributed by atoms with Crippen molar-refractivity contribution in [2.24, 2.45) is 5.41 Å². The minimum Gasteiger partial charge on any atom is -0.493 e. The average molecular weight is 425 g/mol. The van der Waals surface area contributed by atoms with Gasteiger partial charge in [0.2, 0.25) is 5.91 Å². The van der Waals surface area contributed by atoms with Gasteiger partial charge in [-0.15, -0.1) is 0 Å². The van der Waals surface area contributed by atoms with Crippen molar-refractivity contribution in [3.05, 3.63) is 54.1 Å². The predicted octanol–water partition coefficient (Wildman–Crippen LogP) is 4.79. The van der Waals surface area contributed by atoms with Gasteiger partial charge in [0.25, 0.3) is 0 Å². The van der Waals surface area contributed by atoms with Crippen molar-refractivity contribution in [2.75, 3.05) is 38.8 Å². The highest BCUT2D eigenvalue weighted by Gasteiger charge is 2.33. The molecular formula is C26H36N2O3. The number of benzene rings is 2. The van der Waals surface area contributed by atoms with Crippen molar-refractivity contribution in [2.45, 2.75) is 46.1 Å². The minimum atomic E-state index is -0.0392. The molecule has 5 nitrogen and oxygen atoms in total. The molecule has 0 aliphatic carbocycles. The molecule has 2 aromatic carbocycles. The first-order valence-electron chi connectivity index (χ1n) is 11.1. The van der Waals surface area contributed by atoms with Gasteiger partial charge in [0, 0.05) is 31.2 Å². The van der Waals surface area contributed by atoms with Crippen LogP contribution in [0.1, 0.15) is 39.2 Å². The summed E-state index contributed by atoms with van der Waals surface area (Å²) in [4.78, 5) is 17.6. The van der Waals surface area contributed by atoms with Gasteiger partial charge in [0.1, 0.15) is 6.61 Å². The molecule has 31 heavy (non-hydrogen) atoms. The summed E-state index contributed by atoms with van der Waals surface area (Å²) >= 11 is 0. The lowest BCUT2D eigenvalue weighted by Crippen LogP contribution is -2.50. The molecule has 3 rings (SSSR count). The highest BCUT2D eigenvalue weighted by Crippen LogP contribution is 2.33. The van der Waals surface area contributed by atoms with Crippen molar-refractivity contribution in [3.8, 4) is 11.5 Å². The van der Waals surface area contributed by atoms with Crippen molar-refractivity contribution >= 4 is 11.6 Å². The number of para-hydroxylation sites is 3. The highest BCUT2D eigenvalue weighted by atomic mass is 16.5. The first kappa shape index (κ1) is 23.1. The Kier molecular flexibility index (Phi) is 7.60. The zero-order valence-corrected chi connectivity index (χ0v) is 19.6. The summed E-state index contributed by atoms with van der Waals surface area (Å²) in [6, 6.07) is 16.2. The Labute approximate surface area is 187 Å². The molecule has 1 heterocycles. The van der Waals surface area contributed by atoms with Gasteiger partial charge >= 0.3 is 0 Å². The van der Waals surface area contributed by atoms with Crippen molar-refractivity contribution in [1.29, 1.82) is 0 Å². The van der Waals surface area contributed by atoms with Crippen LogP contribution in [-0.4, -0.2) is 50.7 Å².